The lowest BCUT2D eigenvalue weighted by Gasteiger charge is -2.28. The van der Waals surface area contributed by atoms with Crippen LogP contribution in [0.4, 0.5) is 10.1 Å². The predicted octanol–water partition coefficient (Wildman–Crippen LogP) is 1.56. The van der Waals surface area contributed by atoms with E-state index in [0.717, 1.165) is 18.2 Å². The van der Waals surface area contributed by atoms with Gasteiger partial charge in [0.2, 0.25) is 15.8 Å². The zero-order chi connectivity index (χ0) is 16.3. The molecule has 0 saturated carbocycles. The van der Waals surface area contributed by atoms with Crippen molar-refractivity contribution in [2.24, 2.45) is 0 Å². The van der Waals surface area contributed by atoms with Crippen LogP contribution >= 0.6 is 0 Å². The number of sulfonamides is 1. The molecule has 118 valence electrons. The summed E-state index contributed by atoms with van der Waals surface area (Å²) in [5, 5.41) is 19.9. The fourth-order valence-corrected chi connectivity index (χ4v) is 3.51. The maximum absolute atomic E-state index is 13.5. The Balaban J connectivity index is 3.33. The van der Waals surface area contributed by atoms with Crippen molar-refractivity contribution >= 4 is 15.7 Å². The summed E-state index contributed by atoms with van der Waals surface area (Å²) in [5.41, 5.74) is -2.07. The molecule has 1 aromatic rings. The maximum Gasteiger partial charge on any atom is 0.324 e. The molecule has 1 unspecified atom stereocenters. The van der Waals surface area contributed by atoms with Gasteiger partial charge >= 0.3 is 5.69 Å². The largest absolute Gasteiger partial charge is 0.396 e. The van der Waals surface area contributed by atoms with Crippen molar-refractivity contribution in [3.63, 3.8) is 0 Å². The van der Waals surface area contributed by atoms with Crippen molar-refractivity contribution in [2.75, 3.05) is 6.61 Å². The first-order chi connectivity index (χ1) is 9.67. The van der Waals surface area contributed by atoms with Crippen LogP contribution in [0.1, 0.15) is 26.7 Å². The molecule has 9 heteroatoms. The summed E-state index contributed by atoms with van der Waals surface area (Å²) in [6, 6.07) is 2.88. The molecule has 1 rings (SSSR count). The van der Waals surface area contributed by atoms with E-state index in [0.29, 0.717) is 6.42 Å². The molecule has 0 fully saturated rings. The smallest absolute Gasteiger partial charge is 0.324 e. The zero-order valence-electron chi connectivity index (χ0n) is 11.7. The van der Waals surface area contributed by atoms with E-state index in [-0.39, 0.29) is 13.0 Å². The number of benzene rings is 1. The Kier molecular flexibility index (Phi) is 5.37. The van der Waals surface area contributed by atoms with Crippen LogP contribution in [0, 0.1) is 15.9 Å². The number of aliphatic hydroxyl groups is 1. The van der Waals surface area contributed by atoms with E-state index in [9.17, 15) is 22.9 Å². The van der Waals surface area contributed by atoms with E-state index >= 15 is 0 Å². The fourth-order valence-electron chi connectivity index (χ4n) is 1.82. The van der Waals surface area contributed by atoms with E-state index in [2.05, 4.69) is 4.72 Å². The molecule has 0 radical (unpaired) electrons. The highest BCUT2D eigenvalue weighted by Gasteiger charge is 2.34. The molecule has 0 heterocycles. The Labute approximate surface area is 122 Å². The summed E-state index contributed by atoms with van der Waals surface area (Å²) in [6.07, 6.45) is 0.488. The number of nitrogens with one attached hydrogen (secondary N) is 1. The molecule has 0 saturated heterocycles. The Hall–Kier alpha value is -1.58. The Morgan fingerprint density at radius 2 is 2.10 bits per heavy atom. The quantitative estimate of drug-likeness (QED) is 0.585. The van der Waals surface area contributed by atoms with Gasteiger partial charge in [-0.05, 0) is 31.9 Å². The molecule has 7 nitrogen and oxygen atoms in total. The lowest BCUT2D eigenvalue weighted by molar-refractivity contribution is -0.390. The monoisotopic (exact) mass is 320 g/mol. The van der Waals surface area contributed by atoms with Crippen molar-refractivity contribution in [1.82, 2.24) is 4.72 Å². The Morgan fingerprint density at radius 1 is 1.48 bits per heavy atom. The molecule has 0 aliphatic rings. The van der Waals surface area contributed by atoms with Crippen molar-refractivity contribution < 1.29 is 22.8 Å². The van der Waals surface area contributed by atoms with E-state index in [1.165, 1.54) is 0 Å². The maximum atomic E-state index is 13.5. The molecule has 21 heavy (non-hydrogen) atoms. The minimum Gasteiger partial charge on any atom is -0.396 e. The Bertz CT molecular complexity index is 635. The second kappa shape index (κ2) is 6.46. The van der Waals surface area contributed by atoms with E-state index in [1.807, 2.05) is 0 Å². The summed E-state index contributed by atoms with van der Waals surface area (Å²) in [7, 11) is -4.29. The first-order valence-corrected chi connectivity index (χ1v) is 7.73. The fraction of sp³-hybridized carbons (Fsp3) is 0.500. The molecule has 0 spiro atoms. The van der Waals surface area contributed by atoms with Crippen LogP contribution in [0.15, 0.2) is 23.1 Å². The van der Waals surface area contributed by atoms with Crippen molar-refractivity contribution in [1.29, 1.82) is 0 Å². The van der Waals surface area contributed by atoms with Gasteiger partial charge in [-0.15, -0.1) is 0 Å². The molecule has 0 amide bonds. The molecule has 1 aromatic carbocycles. The van der Waals surface area contributed by atoms with Gasteiger partial charge in [0.1, 0.15) is 0 Å². The number of aliphatic hydroxyl groups excluding tert-OH is 1. The van der Waals surface area contributed by atoms with E-state index in [1.54, 1.807) is 13.8 Å². The van der Waals surface area contributed by atoms with Gasteiger partial charge in [0, 0.05) is 12.1 Å². The van der Waals surface area contributed by atoms with Gasteiger partial charge in [0.25, 0.3) is 0 Å². The number of rotatable bonds is 7. The SMILES string of the molecule is CCC(C)(CCO)NS(=O)(=O)c1cccc(F)c1[N+](=O)[O-]. The summed E-state index contributed by atoms with van der Waals surface area (Å²) in [5.74, 6) is -1.22. The van der Waals surface area contributed by atoms with Gasteiger partial charge < -0.3 is 5.11 Å². The Morgan fingerprint density at radius 3 is 2.57 bits per heavy atom. The van der Waals surface area contributed by atoms with Crippen molar-refractivity contribution in [3.05, 3.63) is 34.1 Å². The second-order valence-corrected chi connectivity index (χ2v) is 6.49. The van der Waals surface area contributed by atoms with Crippen LogP contribution in [0.3, 0.4) is 0 Å². The topological polar surface area (TPSA) is 110 Å². The summed E-state index contributed by atoms with van der Waals surface area (Å²) in [4.78, 5) is 9.08. The normalized spacial score (nSPS) is 14.7. The summed E-state index contributed by atoms with van der Waals surface area (Å²) < 4.78 is 40.4. The lowest BCUT2D eigenvalue weighted by atomic mass is 9.97. The van der Waals surface area contributed by atoms with Gasteiger partial charge in [0.05, 0.1) is 4.92 Å². The van der Waals surface area contributed by atoms with Crippen LogP contribution in [-0.4, -0.2) is 30.6 Å². The molecule has 0 aromatic heterocycles. The number of nitro benzene ring substituents is 1. The van der Waals surface area contributed by atoms with Crippen LogP contribution in [0.2, 0.25) is 0 Å². The third-order valence-electron chi connectivity index (χ3n) is 3.25. The highest BCUT2D eigenvalue weighted by molar-refractivity contribution is 7.89. The second-order valence-electron chi connectivity index (χ2n) is 4.84. The number of hydrogen-bond acceptors (Lipinski definition) is 5. The van der Waals surface area contributed by atoms with Crippen LogP contribution < -0.4 is 4.72 Å². The molecule has 0 aliphatic carbocycles. The predicted molar refractivity (Wildman–Crippen MR) is 73.8 cm³/mol. The molecule has 0 aliphatic heterocycles. The molecular formula is C12H17FN2O5S. The zero-order valence-corrected chi connectivity index (χ0v) is 12.5. The van der Waals surface area contributed by atoms with Crippen molar-refractivity contribution in [3.8, 4) is 0 Å². The highest BCUT2D eigenvalue weighted by Crippen LogP contribution is 2.28. The van der Waals surface area contributed by atoms with Crippen LogP contribution in [0.25, 0.3) is 0 Å². The first kappa shape index (κ1) is 17.5. The standard InChI is InChI=1S/C12H17FN2O5S/c1-3-12(2,7-8-16)14-21(19,20)10-6-4-5-9(13)11(10)15(17)18/h4-6,14,16H,3,7-8H2,1-2H3. The van der Waals surface area contributed by atoms with Crippen LogP contribution in [0.5, 0.6) is 0 Å². The number of para-hydroxylation sites is 1. The number of hydrogen-bond donors (Lipinski definition) is 2. The van der Waals surface area contributed by atoms with Gasteiger partial charge in [-0.25, -0.2) is 13.1 Å². The molecular weight excluding hydrogens is 303 g/mol. The average Bonchev–Trinajstić information content (AvgIpc) is 2.37. The number of nitro groups is 1. The number of nitrogens with zero attached hydrogens (tertiary/aromatic N) is 1. The van der Waals surface area contributed by atoms with Gasteiger partial charge in [-0.3, -0.25) is 10.1 Å². The van der Waals surface area contributed by atoms with E-state index < -0.39 is 36.9 Å². The summed E-state index contributed by atoms with van der Waals surface area (Å²) in [6.45, 7) is 3.02. The first-order valence-electron chi connectivity index (χ1n) is 6.24. The molecule has 1 atom stereocenters. The number of halogens is 1. The highest BCUT2D eigenvalue weighted by atomic mass is 32.2. The van der Waals surface area contributed by atoms with Gasteiger partial charge in [-0.1, -0.05) is 13.0 Å². The average molecular weight is 320 g/mol. The lowest BCUT2D eigenvalue weighted by Crippen LogP contribution is -2.46. The summed E-state index contributed by atoms with van der Waals surface area (Å²) >= 11 is 0. The minimum absolute atomic E-state index is 0.131. The van der Waals surface area contributed by atoms with Gasteiger partial charge in [-0.2, -0.15) is 4.39 Å². The van der Waals surface area contributed by atoms with Gasteiger partial charge in [0.15, 0.2) is 4.90 Å². The molecule has 0 bridgehead atoms. The molecule has 2 N–H and O–H groups in total. The third-order valence-corrected chi connectivity index (χ3v) is 4.92. The van der Waals surface area contributed by atoms with Crippen molar-refractivity contribution in [2.45, 2.75) is 37.1 Å². The third kappa shape index (κ3) is 3.96. The minimum atomic E-state index is -4.29. The van der Waals surface area contributed by atoms with E-state index in [4.69, 9.17) is 5.11 Å². The van der Waals surface area contributed by atoms with Crippen LogP contribution in [-0.2, 0) is 10.0 Å².